The van der Waals surface area contributed by atoms with Crippen molar-refractivity contribution < 1.29 is 57.4 Å². The van der Waals surface area contributed by atoms with Gasteiger partial charge in [-0.1, -0.05) is 20.8 Å². The van der Waals surface area contributed by atoms with E-state index < -0.39 is 92.7 Å². The first-order valence-electron chi connectivity index (χ1n) is 15.0. The summed E-state index contributed by atoms with van der Waals surface area (Å²) in [5.41, 5.74) is -8.80. The standard InChI is InChI=1S/C31H38O12/c1-15(32)39-21(16-7-10-38-13-16)24(2)8-9-28-26(4)17(11-19(33)37-6)25(3)14-29(26)30(36,22(25)35)23-31(28,18(24)12-20(34)40-23)43-27(5,41-28)42-29/h7,10,13,17-18,21-23,35-36H,8-9,11-12,14H2,1-6H3. The molecule has 0 amide bonds. The number of carbonyl (C=O) groups is 3. The van der Waals surface area contributed by atoms with Crippen LogP contribution >= 0.6 is 0 Å². The number of aliphatic hydroxyl groups excluding tert-OH is 1. The summed E-state index contributed by atoms with van der Waals surface area (Å²) in [5.74, 6) is -4.48. The average Bonchev–Trinajstić information content (AvgIpc) is 3.62. The minimum atomic E-state index is -2.10. The van der Waals surface area contributed by atoms with Crippen molar-refractivity contribution in [3.05, 3.63) is 24.2 Å². The number of aliphatic hydroxyl groups is 2. The van der Waals surface area contributed by atoms with Crippen molar-refractivity contribution in [1.82, 2.24) is 0 Å². The van der Waals surface area contributed by atoms with Crippen LogP contribution in [0, 0.1) is 28.1 Å². The maximum Gasteiger partial charge on any atom is 0.306 e. The maximum absolute atomic E-state index is 13.6. The van der Waals surface area contributed by atoms with Crippen molar-refractivity contribution in [3.8, 4) is 0 Å². The normalized spacial score (nSPS) is 55.5. The number of ether oxygens (including phenoxy) is 6. The molecule has 2 N–H and O–H groups in total. The van der Waals surface area contributed by atoms with Crippen LogP contribution in [-0.2, 0) is 42.8 Å². The van der Waals surface area contributed by atoms with Crippen LogP contribution in [0.1, 0.15) is 78.4 Å². The van der Waals surface area contributed by atoms with Crippen molar-refractivity contribution >= 4 is 17.9 Å². The first-order valence-corrected chi connectivity index (χ1v) is 15.0. The van der Waals surface area contributed by atoms with Gasteiger partial charge in [0, 0.05) is 48.0 Å². The van der Waals surface area contributed by atoms with Gasteiger partial charge in [-0.2, -0.15) is 0 Å². The number of hydrogen-bond donors (Lipinski definition) is 2. The van der Waals surface area contributed by atoms with Gasteiger partial charge < -0.3 is 43.1 Å². The molecule has 7 fully saturated rings. The van der Waals surface area contributed by atoms with Crippen LogP contribution in [0.15, 0.2) is 23.0 Å². The highest BCUT2D eigenvalue weighted by molar-refractivity contribution is 5.74. The number of esters is 3. The fourth-order valence-corrected chi connectivity index (χ4v) is 12.0. The highest BCUT2D eigenvalue weighted by Gasteiger charge is 3.03. The lowest BCUT2D eigenvalue weighted by atomic mass is 9.33. The van der Waals surface area contributed by atoms with Crippen molar-refractivity contribution in [2.24, 2.45) is 28.1 Å². The molecule has 43 heavy (non-hydrogen) atoms. The molecule has 4 aliphatic carbocycles. The van der Waals surface area contributed by atoms with Crippen molar-refractivity contribution in [2.45, 2.75) is 113 Å². The molecule has 3 spiro atoms. The van der Waals surface area contributed by atoms with Crippen LogP contribution in [0.25, 0.3) is 0 Å². The highest BCUT2D eigenvalue weighted by atomic mass is 16.9. The van der Waals surface area contributed by atoms with Gasteiger partial charge in [-0.05, 0) is 31.2 Å². The van der Waals surface area contributed by atoms with E-state index in [1.54, 1.807) is 13.0 Å². The Morgan fingerprint density at radius 2 is 1.84 bits per heavy atom. The summed E-state index contributed by atoms with van der Waals surface area (Å²) < 4.78 is 43.4. The third kappa shape index (κ3) is 2.55. The van der Waals surface area contributed by atoms with E-state index in [2.05, 4.69) is 0 Å². The van der Waals surface area contributed by atoms with Crippen LogP contribution in [0.2, 0.25) is 0 Å². The van der Waals surface area contributed by atoms with E-state index in [1.807, 2.05) is 20.8 Å². The molecule has 3 aliphatic heterocycles. The third-order valence-corrected chi connectivity index (χ3v) is 13.3. The van der Waals surface area contributed by atoms with Crippen LogP contribution in [0.5, 0.6) is 0 Å². The van der Waals surface area contributed by atoms with Gasteiger partial charge in [0.15, 0.2) is 11.7 Å². The van der Waals surface area contributed by atoms with Gasteiger partial charge in [0.05, 0.1) is 32.2 Å². The molecule has 12 heteroatoms. The second kappa shape index (κ2) is 7.64. The molecular weight excluding hydrogens is 564 g/mol. The van der Waals surface area contributed by atoms with Gasteiger partial charge in [-0.3, -0.25) is 14.4 Å². The summed E-state index contributed by atoms with van der Waals surface area (Å²) in [6, 6.07) is 1.72. The van der Waals surface area contributed by atoms with Crippen LogP contribution in [0.3, 0.4) is 0 Å². The van der Waals surface area contributed by atoms with Crippen LogP contribution < -0.4 is 0 Å². The molecular formula is C31H38O12. The van der Waals surface area contributed by atoms with E-state index in [1.165, 1.54) is 26.6 Å². The van der Waals surface area contributed by atoms with Gasteiger partial charge in [-0.15, -0.1) is 0 Å². The van der Waals surface area contributed by atoms with Gasteiger partial charge >= 0.3 is 17.9 Å². The van der Waals surface area contributed by atoms with Gasteiger partial charge in [0.25, 0.3) is 5.97 Å². The Hall–Kier alpha value is -2.51. The monoisotopic (exact) mass is 602 g/mol. The Labute approximate surface area is 248 Å². The molecule has 12 nitrogen and oxygen atoms in total. The van der Waals surface area contributed by atoms with E-state index in [-0.39, 0.29) is 19.3 Å². The Kier molecular flexibility index (Phi) is 4.98. The topological polar surface area (TPSA) is 160 Å². The quantitative estimate of drug-likeness (QED) is 0.375. The van der Waals surface area contributed by atoms with E-state index in [0.717, 1.165) is 0 Å². The third-order valence-electron chi connectivity index (χ3n) is 13.3. The van der Waals surface area contributed by atoms with Crippen LogP contribution in [-0.4, -0.2) is 75.8 Å². The van der Waals surface area contributed by atoms with Crippen molar-refractivity contribution in [3.63, 3.8) is 0 Å². The Bertz CT molecular complexity index is 1460. The van der Waals surface area contributed by atoms with E-state index >= 15 is 0 Å². The number of hydrogen-bond acceptors (Lipinski definition) is 12. The summed E-state index contributed by atoms with van der Waals surface area (Å²) in [4.78, 5) is 39.1. The van der Waals surface area contributed by atoms with Crippen molar-refractivity contribution in [2.75, 3.05) is 7.11 Å². The second-order valence-corrected chi connectivity index (χ2v) is 14.7. The molecule has 13 unspecified atom stereocenters. The van der Waals surface area contributed by atoms with Crippen LogP contribution in [0.4, 0.5) is 0 Å². The zero-order chi connectivity index (χ0) is 30.8. The molecule has 4 bridgehead atoms. The molecule has 4 heterocycles. The molecule has 1 aromatic heterocycles. The smallest absolute Gasteiger partial charge is 0.306 e. The number of methoxy groups -OCH3 is 1. The fourth-order valence-electron chi connectivity index (χ4n) is 12.0. The number of rotatable bonds is 5. The maximum atomic E-state index is 13.6. The largest absolute Gasteiger partial charge is 0.472 e. The summed E-state index contributed by atoms with van der Waals surface area (Å²) in [6.45, 7) is 8.74. The molecule has 7 aliphatic rings. The number of furan rings is 1. The molecule has 0 aromatic carbocycles. The molecule has 8 rings (SSSR count). The lowest BCUT2D eigenvalue weighted by Gasteiger charge is -2.77. The minimum absolute atomic E-state index is 0.0445. The lowest BCUT2D eigenvalue weighted by Crippen LogP contribution is -2.94. The lowest BCUT2D eigenvalue weighted by molar-refractivity contribution is -0.479. The molecule has 234 valence electrons. The zero-order valence-corrected chi connectivity index (χ0v) is 25.1. The Morgan fingerprint density at radius 3 is 2.49 bits per heavy atom. The van der Waals surface area contributed by atoms with Gasteiger partial charge in [0.1, 0.15) is 22.9 Å². The first kappa shape index (κ1) is 28.0. The van der Waals surface area contributed by atoms with E-state index in [0.29, 0.717) is 18.4 Å². The van der Waals surface area contributed by atoms with Crippen molar-refractivity contribution in [1.29, 1.82) is 0 Å². The minimum Gasteiger partial charge on any atom is -0.472 e. The summed E-state index contributed by atoms with van der Waals surface area (Å²) >= 11 is 0. The van der Waals surface area contributed by atoms with Gasteiger partial charge in [-0.25, -0.2) is 0 Å². The summed E-state index contributed by atoms with van der Waals surface area (Å²) in [5, 5.41) is 25.2. The number of fused-ring (bicyclic) bond motifs is 3. The van der Waals surface area contributed by atoms with Gasteiger partial charge in [0.2, 0.25) is 0 Å². The Balaban J connectivity index is 1.42. The molecule has 3 saturated heterocycles. The summed E-state index contributed by atoms with van der Waals surface area (Å²) in [7, 11) is 1.32. The fraction of sp³-hybridized carbons (Fsp3) is 0.774. The van der Waals surface area contributed by atoms with E-state index in [9.17, 15) is 24.6 Å². The highest BCUT2D eigenvalue weighted by Crippen LogP contribution is 2.89. The summed E-state index contributed by atoms with van der Waals surface area (Å²) in [6.07, 6.45) is 0.145. The molecule has 1 aromatic rings. The average molecular weight is 603 g/mol. The predicted octanol–water partition coefficient (Wildman–Crippen LogP) is 2.30. The number of carbonyl (C=O) groups excluding carboxylic acids is 3. The Morgan fingerprint density at radius 1 is 1.12 bits per heavy atom. The zero-order valence-electron chi connectivity index (χ0n) is 25.1. The first-order chi connectivity index (χ1) is 20.1. The van der Waals surface area contributed by atoms with E-state index in [4.69, 9.17) is 32.8 Å². The molecule has 0 radical (unpaired) electrons. The predicted molar refractivity (Wildman–Crippen MR) is 140 cm³/mol. The second-order valence-electron chi connectivity index (χ2n) is 14.7. The molecule has 4 saturated carbocycles. The SMILES string of the molecule is COC(=O)CC1C2(C)CC34OC5(C)OC67C(CC(=O)OC6C3(O)C2O)C(C)(C(OC(C)=O)c2ccoc2)CCC7(O5)C14C. The molecule has 13 atom stereocenters.